The standard InChI is InChI=1S/C12H18BrN3O/c1-3-7-16-11(17)10(13)9(8-14-16)15-12(2)5-4-6-12/h8,15H,3-7H2,1-2H3. The van der Waals surface area contributed by atoms with Gasteiger partial charge in [0.15, 0.2) is 0 Å². The van der Waals surface area contributed by atoms with Gasteiger partial charge >= 0.3 is 0 Å². The van der Waals surface area contributed by atoms with E-state index in [0.29, 0.717) is 11.0 Å². The van der Waals surface area contributed by atoms with Crippen LogP contribution in [0, 0.1) is 0 Å². The minimum absolute atomic E-state index is 0.0558. The van der Waals surface area contributed by atoms with Crippen molar-refractivity contribution in [2.75, 3.05) is 5.32 Å². The molecule has 0 spiro atoms. The van der Waals surface area contributed by atoms with Crippen molar-refractivity contribution in [2.24, 2.45) is 0 Å². The van der Waals surface area contributed by atoms with E-state index in [1.165, 1.54) is 11.1 Å². The molecular weight excluding hydrogens is 282 g/mol. The van der Waals surface area contributed by atoms with Gasteiger partial charge in [0.25, 0.3) is 5.56 Å². The number of hydrogen-bond donors (Lipinski definition) is 1. The van der Waals surface area contributed by atoms with Crippen LogP contribution in [0.25, 0.3) is 0 Å². The van der Waals surface area contributed by atoms with Crippen LogP contribution in [0.4, 0.5) is 5.69 Å². The quantitative estimate of drug-likeness (QED) is 0.930. The topological polar surface area (TPSA) is 46.9 Å². The Bertz CT molecular complexity index is 465. The van der Waals surface area contributed by atoms with Crippen LogP contribution in [0.5, 0.6) is 0 Å². The largest absolute Gasteiger partial charge is 0.378 e. The summed E-state index contributed by atoms with van der Waals surface area (Å²) in [5.74, 6) is 0. The summed E-state index contributed by atoms with van der Waals surface area (Å²) in [6, 6.07) is 0. The summed E-state index contributed by atoms with van der Waals surface area (Å²) in [5, 5.41) is 7.59. The molecule has 1 aromatic rings. The molecule has 1 aromatic heterocycles. The first kappa shape index (κ1) is 12.6. The molecule has 17 heavy (non-hydrogen) atoms. The predicted molar refractivity (Wildman–Crippen MR) is 72.4 cm³/mol. The number of hydrogen-bond acceptors (Lipinski definition) is 3. The van der Waals surface area contributed by atoms with Crippen molar-refractivity contribution in [3.63, 3.8) is 0 Å². The second kappa shape index (κ2) is 4.80. The number of aromatic nitrogens is 2. The van der Waals surface area contributed by atoms with E-state index in [-0.39, 0.29) is 11.1 Å². The highest BCUT2D eigenvalue weighted by atomic mass is 79.9. The first-order valence-electron chi connectivity index (χ1n) is 6.09. The highest BCUT2D eigenvalue weighted by Gasteiger charge is 2.32. The maximum absolute atomic E-state index is 12.0. The van der Waals surface area contributed by atoms with Gasteiger partial charge < -0.3 is 5.32 Å². The molecular formula is C12H18BrN3O. The average Bonchev–Trinajstić information content (AvgIpc) is 2.27. The predicted octanol–water partition coefficient (Wildman–Crippen LogP) is 2.77. The highest BCUT2D eigenvalue weighted by molar-refractivity contribution is 9.10. The summed E-state index contributed by atoms with van der Waals surface area (Å²) in [7, 11) is 0. The number of nitrogens with zero attached hydrogens (tertiary/aromatic N) is 2. The maximum Gasteiger partial charge on any atom is 0.283 e. The van der Waals surface area contributed by atoms with Crippen LogP contribution < -0.4 is 10.9 Å². The zero-order chi connectivity index (χ0) is 12.5. The fourth-order valence-electron chi connectivity index (χ4n) is 2.08. The van der Waals surface area contributed by atoms with Gasteiger partial charge in [-0.2, -0.15) is 5.10 Å². The lowest BCUT2D eigenvalue weighted by Gasteiger charge is -2.40. The van der Waals surface area contributed by atoms with Crippen LogP contribution in [0.15, 0.2) is 15.5 Å². The Labute approximate surface area is 110 Å². The Balaban J connectivity index is 2.24. The van der Waals surface area contributed by atoms with Crippen LogP contribution in [0.2, 0.25) is 0 Å². The molecule has 0 aromatic carbocycles. The van der Waals surface area contributed by atoms with Crippen LogP contribution in [-0.2, 0) is 6.54 Å². The van der Waals surface area contributed by atoms with Crippen molar-refractivity contribution >= 4 is 21.6 Å². The molecule has 5 heteroatoms. The van der Waals surface area contributed by atoms with E-state index < -0.39 is 0 Å². The monoisotopic (exact) mass is 299 g/mol. The molecule has 0 radical (unpaired) electrons. The molecule has 2 rings (SSSR count). The van der Waals surface area contributed by atoms with Gasteiger partial charge in [0.05, 0.1) is 11.9 Å². The lowest BCUT2D eigenvalue weighted by Crippen LogP contribution is -2.42. The molecule has 0 atom stereocenters. The molecule has 4 nitrogen and oxygen atoms in total. The number of anilines is 1. The third-order valence-electron chi connectivity index (χ3n) is 3.31. The summed E-state index contributed by atoms with van der Waals surface area (Å²) >= 11 is 3.37. The Morgan fingerprint density at radius 1 is 1.59 bits per heavy atom. The SMILES string of the molecule is CCCn1ncc(NC2(C)CCC2)c(Br)c1=O. The molecule has 1 fully saturated rings. The maximum atomic E-state index is 12.0. The van der Waals surface area contributed by atoms with Gasteiger partial charge in [-0.15, -0.1) is 0 Å². The molecule has 1 aliphatic rings. The van der Waals surface area contributed by atoms with Crippen LogP contribution in [0.1, 0.15) is 39.5 Å². The number of rotatable bonds is 4. The van der Waals surface area contributed by atoms with E-state index >= 15 is 0 Å². The summed E-state index contributed by atoms with van der Waals surface area (Å²) in [6.45, 7) is 4.87. The molecule has 1 heterocycles. The molecule has 0 bridgehead atoms. The van der Waals surface area contributed by atoms with Gasteiger partial charge in [0.2, 0.25) is 0 Å². The summed E-state index contributed by atoms with van der Waals surface area (Å²) in [6.07, 6.45) is 6.20. The van der Waals surface area contributed by atoms with Crippen molar-refractivity contribution < 1.29 is 0 Å². The van der Waals surface area contributed by atoms with Gasteiger partial charge in [-0.1, -0.05) is 6.92 Å². The van der Waals surface area contributed by atoms with Crippen molar-refractivity contribution in [1.29, 1.82) is 0 Å². The normalized spacial score (nSPS) is 17.6. The van der Waals surface area contributed by atoms with Gasteiger partial charge in [-0.25, -0.2) is 4.68 Å². The van der Waals surface area contributed by atoms with E-state index in [2.05, 4.69) is 33.3 Å². The first-order chi connectivity index (χ1) is 8.06. The Morgan fingerprint density at radius 2 is 2.29 bits per heavy atom. The summed E-state index contributed by atoms with van der Waals surface area (Å²) < 4.78 is 2.09. The van der Waals surface area contributed by atoms with Crippen LogP contribution in [0.3, 0.4) is 0 Å². The van der Waals surface area contributed by atoms with Crippen molar-refractivity contribution in [2.45, 2.75) is 51.6 Å². The van der Waals surface area contributed by atoms with E-state index in [1.807, 2.05) is 6.92 Å². The van der Waals surface area contributed by atoms with Crippen molar-refractivity contribution in [3.05, 3.63) is 21.0 Å². The van der Waals surface area contributed by atoms with Crippen LogP contribution in [-0.4, -0.2) is 15.3 Å². The van der Waals surface area contributed by atoms with Gasteiger partial charge in [-0.3, -0.25) is 4.79 Å². The van der Waals surface area contributed by atoms with E-state index in [0.717, 1.165) is 24.9 Å². The molecule has 1 aliphatic carbocycles. The third kappa shape index (κ3) is 2.54. The van der Waals surface area contributed by atoms with Crippen LogP contribution >= 0.6 is 15.9 Å². The molecule has 0 unspecified atom stereocenters. The number of nitrogens with one attached hydrogen (secondary N) is 1. The van der Waals surface area contributed by atoms with Gasteiger partial charge in [0, 0.05) is 12.1 Å². The van der Waals surface area contributed by atoms with E-state index in [4.69, 9.17) is 0 Å². The minimum atomic E-state index is -0.0558. The second-order valence-electron chi connectivity index (χ2n) is 4.94. The first-order valence-corrected chi connectivity index (χ1v) is 6.89. The summed E-state index contributed by atoms with van der Waals surface area (Å²) in [4.78, 5) is 12.0. The van der Waals surface area contributed by atoms with Crippen molar-refractivity contribution in [1.82, 2.24) is 9.78 Å². The number of aryl methyl sites for hydroxylation is 1. The molecule has 0 saturated heterocycles. The fraction of sp³-hybridized carbons (Fsp3) is 0.667. The third-order valence-corrected chi connectivity index (χ3v) is 4.08. The molecule has 0 amide bonds. The van der Waals surface area contributed by atoms with E-state index in [9.17, 15) is 4.79 Å². The lowest BCUT2D eigenvalue weighted by molar-refractivity contribution is 0.306. The lowest BCUT2D eigenvalue weighted by atomic mass is 9.78. The van der Waals surface area contributed by atoms with Gasteiger partial charge in [0.1, 0.15) is 4.47 Å². The average molecular weight is 300 g/mol. The second-order valence-corrected chi connectivity index (χ2v) is 5.73. The fourth-order valence-corrected chi connectivity index (χ4v) is 2.49. The molecule has 0 aliphatic heterocycles. The zero-order valence-electron chi connectivity index (χ0n) is 10.3. The Kier molecular flexibility index (Phi) is 3.56. The highest BCUT2D eigenvalue weighted by Crippen LogP contribution is 2.35. The number of halogens is 1. The zero-order valence-corrected chi connectivity index (χ0v) is 11.9. The van der Waals surface area contributed by atoms with Gasteiger partial charge in [-0.05, 0) is 48.5 Å². The van der Waals surface area contributed by atoms with Crippen molar-refractivity contribution in [3.8, 4) is 0 Å². The Hall–Kier alpha value is -0.840. The molecule has 1 N–H and O–H groups in total. The minimum Gasteiger partial charge on any atom is -0.378 e. The Morgan fingerprint density at radius 3 is 2.82 bits per heavy atom. The van der Waals surface area contributed by atoms with E-state index in [1.54, 1.807) is 6.20 Å². The summed E-state index contributed by atoms with van der Waals surface area (Å²) in [5.41, 5.74) is 0.887. The molecule has 94 valence electrons. The molecule has 1 saturated carbocycles. The smallest absolute Gasteiger partial charge is 0.283 e.